The van der Waals surface area contributed by atoms with E-state index in [0.29, 0.717) is 25.1 Å². The van der Waals surface area contributed by atoms with Gasteiger partial charge in [-0.3, -0.25) is 4.79 Å². The third kappa shape index (κ3) is 3.07. The van der Waals surface area contributed by atoms with Gasteiger partial charge < -0.3 is 30.9 Å². The Morgan fingerprint density at radius 3 is 2.68 bits per heavy atom. The van der Waals surface area contributed by atoms with Gasteiger partial charge in [0.25, 0.3) is 5.91 Å². The van der Waals surface area contributed by atoms with Gasteiger partial charge in [-0.05, 0) is 12.1 Å². The van der Waals surface area contributed by atoms with Gasteiger partial charge in [0.1, 0.15) is 5.82 Å². The van der Waals surface area contributed by atoms with Crippen molar-refractivity contribution in [3.8, 4) is 5.88 Å². The first-order valence-corrected chi connectivity index (χ1v) is 8.69. The molecule has 10 heteroatoms. The average Bonchev–Trinajstić information content (AvgIpc) is 2.88. The van der Waals surface area contributed by atoms with Crippen molar-refractivity contribution in [1.29, 1.82) is 0 Å². The first kappa shape index (κ1) is 18.0. The maximum absolute atomic E-state index is 13.1. The number of amides is 1. The number of rotatable bonds is 2. The molecule has 0 bridgehead atoms. The number of nitrogens with zero attached hydrogens (tertiary/aromatic N) is 3. The Kier molecular flexibility index (Phi) is 4.27. The predicted molar refractivity (Wildman–Crippen MR) is 98.0 cm³/mol. The van der Waals surface area contributed by atoms with Gasteiger partial charge in [0.15, 0.2) is 5.60 Å². The summed E-state index contributed by atoms with van der Waals surface area (Å²) in [6, 6.07) is 6.11. The predicted octanol–water partition coefficient (Wildman–Crippen LogP) is 0.186. The van der Waals surface area contributed by atoms with E-state index >= 15 is 0 Å². The molecule has 0 aliphatic carbocycles. The summed E-state index contributed by atoms with van der Waals surface area (Å²) in [6.45, 7) is 1.02. The van der Waals surface area contributed by atoms with Gasteiger partial charge in [0.2, 0.25) is 11.8 Å². The Balaban J connectivity index is 1.64. The molecule has 1 atom stereocenters. The molecule has 1 spiro atoms. The van der Waals surface area contributed by atoms with Crippen LogP contribution in [0.1, 0.15) is 26.3 Å². The minimum absolute atomic E-state index is 0.00570. The molecule has 2 aromatic rings. The quantitative estimate of drug-likeness (QED) is 0.657. The lowest BCUT2D eigenvalue weighted by atomic mass is 9.97. The van der Waals surface area contributed by atoms with E-state index in [9.17, 15) is 14.7 Å². The maximum Gasteiger partial charge on any atom is 0.336 e. The molecule has 10 nitrogen and oxygen atoms in total. The van der Waals surface area contributed by atoms with Crippen LogP contribution in [0.5, 0.6) is 5.88 Å². The number of hydrogen-bond donors (Lipinski definition) is 3. The van der Waals surface area contributed by atoms with Gasteiger partial charge in [-0.1, -0.05) is 12.1 Å². The zero-order valence-electron chi connectivity index (χ0n) is 14.9. The van der Waals surface area contributed by atoms with Crippen molar-refractivity contribution in [2.75, 3.05) is 37.8 Å². The Morgan fingerprint density at radius 2 is 1.93 bits per heavy atom. The number of nitrogen functional groups attached to an aromatic ring is 2. The minimum atomic E-state index is -1.16. The Bertz CT molecular complexity index is 965. The van der Waals surface area contributed by atoms with Crippen LogP contribution >= 0.6 is 0 Å². The van der Waals surface area contributed by atoms with Crippen molar-refractivity contribution >= 4 is 23.6 Å². The second-order valence-corrected chi connectivity index (χ2v) is 6.84. The highest BCUT2D eigenvalue weighted by Crippen LogP contribution is 2.38. The van der Waals surface area contributed by atoms with Crippen LogP contribution in [0.4, 0.5) is 11.8 Å². The number of hydrogen-bond acceptors (Lipinski definition) is 8. The fraction of sp³-hybridized carbons (Fsp3) is 0.333. The first-order chi connectivity index (χ1) is 13.4. The SMILES string of the molecule is Nc1nc(N)c2c(n1)O[C@@]1(COCCN(C(=O)c3ccccc3C(=O)O)C1)C2. The third-order valence-corrected chi connectivity index (χ3v) is 4.86. The molecular formula is C18H19N5O5. The molecule has 2 aliphatic rings. The van der Waals surface area contributed by atoms with Crippen LogP contribution < -0.4 is 16.2 Å². The van der Waals surface area contributed by atoms with E-state index < -0.39 is 17.5 Å². The number of carbonyl (C=O) groups excluding carboxylic acids is 1. The van der Waals surface area contributed by atoms with E-state index in [-0.39, 0.29) is 41.9 Å². The van der Waals surface area contributed by atoms with E-state index in [1.165, 1.54) is 17.0 Å². The first-order valence-electron chi connectivity index (χ1n) is 8.69. The largest absolute Gasteiger partial charge is 0.478 e. The fourth-order valence-electron chi connectivity index (χ4n) is 3.58. The number of nitrogens with two attached hydrogens (primary N) is 2. The summed E-state index contributed by atoms with van der Waals surface area (Å²) in [5, 5.41) is 9.39. The lowest BCUT2D eigenvalue weighted by Gasteiger charge is -2.31. The zero-order valence-corrected chi connectivity index (χ0v) is 14.9. The molecule has 4 rings (SSSR count). The summed E-state index contributed by atoms with van der Waals surface area (Å²) >= 11 is 0. The number of carboxylic acid groups (broad SMARTS) is 1. The highest BCUT2D eigenvalue weighted by atomic mass is 16.6. The van der Waals surface area contributed by atoms with E-state index in [2.05, 4.69) is 9.97 Å². The summed E-state index contributed by atoms with van der Waals surface area (Å²) in [7, 11) is 0. The third-order valence-electron chi connectivity index (χ3n) is 4.86. The Labute approximate surface area is 160 Å². The zero-order chi connectivity index (χ0) is 19.9. The maximum atomic E-state index is 13.1. The van der Waals surface area contributed by atoms with Crippen molar-refractivity contribution in [1.82, 2.24) is 14.9 Å². The number of anilines is 2. The number of carbonyl (C=O) groups is 2. The summed E-state index contributed by atoms with van der Waals surface area (Å²) in [5.41, 5.74) is 11.4. The van der Waals surface area contributed by atoms with Crippen LogP contribution in [-0.4, -0.2) is 63.8 Å². The lowest BCUT2D eigenvalue weighted by Crippen LogP contribution is -2.50. The second kappa shape index (κ2) is 6.64. The van der Waals surface area contributed by atoms with Crippen molar-refractivity contribution in [3.63, 3.8) is 0 Å². The molecule has 0 unspecified atom stereocenters. The van der Waals surface area contributed by atoms with Crippen molar-refractivity contribution in [3.05, 3.63) is 41.0 Å². The van der Waals surface area contributed by atoms with Gasteiger partial charge in [-0.2, -0.15) is 9.97 Å². The normalized spacial score (nSPS) is 21.1. The molecule has 1 amide bonds. The van der Waals surface area contributed by atoms with Crippen LogP contribution in [-0.2, 0) is 11.2 Å². The van der Waals surface area contributed by atoms with Gasteiger partial charge in [0, 0.05) is 13.0 Å². The Hall–Kier alpha value is -3.40. The molecule has 2 aliphatic heterocycles. The molecule has 1 aromatic heterocycles. The number of fused-ring (bicyclic) bond motifs is 1. The van der Waals surface area contributed by atoms with Crippen molar-refractivity contribution in [2.45, 2.75) is 12.0 Å². The van der Waals surface area contributed by atoms with Crippen molar-refractivity contribution in [2.24, 2.45) is 0 Å². The van der Waals surface area contributed by atoms with Gasteiger partial charge in [-0.15, -0.1) is 0 Å². The summed E-state index contributed by atoms with van der Waals surface area (Å²) in [5.74, 6) is -1.04. The molecule has 0 radical (unpaired) electrons. The van der Waals surface area contributed by atoms with Crippen LogP contribution in [0.3, 0.4) is 0 Å². The number of carboxylic acids is 1. The van der Waals surface area contributed by atoms with Gasteiger partial charge >= 0.3 is 5.97 Å². The summed E-state index contributed by atoms with van der Waals surface area (Å²) < 4.78 is 11.7. The fourth-order valence-corrected chi connectivity index (χ4v) is 3.58. The molecule has 1 aromatic carbocycles. The molecule has 146 valence electrons. The van der Waals surface area contributed by atoms with Crippen molar-refractivity contribution < 1.29 is 24.2 Å². The van der Waals surface area contributed by atoms with Crippen LogP contribution in [0.2, 0.25) is 0 Å². The topological polar surface area (TPSA) is 154 Å². The average molecular weight is 385 g/mol. The second-order valence-electron chi connectivity index (χ2n) is 6.84. The molecule has 1 fully saturated rings. The number of aromatic nitrogens is 2. The van der Waals surface area contributed by atoms with E-state index in [1.54, 1.807) is 12.1 Å². The number of aromatic carboxylic acids is 1. The molecule has 3 heterocycles. The van der Waals surface area contributed by atoms with Gasteiger partial charge in [0.05, 0.1) is 36.4 Å². The van der Waals surface area contributed by atoms with E-state index in [1.807, 2.05) is 0 Å². The number of ether oxygens (including phenoxy) is 2. The highest BCUT2D eigenvalue weighted by Gasteiger charge is 2.46. The molecule has 0 saturated carbocycles. The molecule has 5 N–H and O–H groups in total. The molecule has 28 heavy (non-hydrogen) atoms. The van der Waals surface area contributed by atoms with Crippen LogP contribution in [0, 0.1) is 0 Å². The van der Waals surface area contributed by atoms with E-state index in [4.69, 9.17) is 20.9 Å². The van der Waals surface area contributed by atoms with Crippen LogP contribution in [0.15, 0.2) is 24.3 Å². The molecule has 1 saturated heterocycles. The highest BCUT2D eigenvalue weighted by molar-refractivity contribution is 6.04. The van der Waals surface area contributed by atoms with Gasteiger partial charge in [-0.25, -0.2) is 4.79 Å². The van der Waals surface area contributed by atoms with Crippen LogP contribution in [0.25, 0.3) is 0 Å². The molecular weight excluding hydrogens is 366 g/mol. The minimum Gasteiger partial charge on any atom is -0.478 e. The number of benzene rings is 1. The standard InChI is InChI=1S/C18H19N5O5/c19-13-12-7-18(28-14(12)22-17(20)21-13)8-23(5-6-27-9-18)15(24)10-3-1-2-4-11(10)16(25)26/h1-4H,5-9H2,(H,25,26)(H4,19,20,21,22)/t18-/m0/s1. The Morgan fingerprint density at radius 1 is 1.18 bits per heavy atom. The smallest absolute Gasteiger partial charge is 0.336 e. The monoisotopic (exact) mass is 385 g/mol. The lowest BCUT2D eigenvalue weighted by molar-refractivity contribution is -0.00148. The summed E-state index contributed by atoms with van der Waals surface area (Å²) in [6.07, 6.45) is 0.360. The summed E-state index contributed by atoms with van der Waals surface area (Å²) in [4.78, 5) is 34.2. The van der Waals surface area contributed by atoms with E-state index in [0.717, 1.165) is 0 Å².